The van der Waals surface area contributed by atoms with Gasteiger partial charge in [0.05, 0.1) is 17.7 Å². The number of hydrogen-bond acceptors (Lipinski definition) is 5. The van der Waals surface area contributed by atoms with Gasteiger partial charge in [-0.3, -0.25) is 13.9 Å². The molecule has 0 saturated carbocycles. The second-order valence-electron chi connectivity index (χ2n) is 9.47. The van der Waals surface area contributed by atoms with Crippen LogP contribution in [0.4, 0.5) is 5.69 Å². The average Bonchev–Trinajstić information content (AvgIpc) is 2.95. The van der Waals surface area contributed by atoms with Crippen LogP contribution < -0.4 is 14.4 Å². The number of carbonyl (C=O) groups is 2. The summed E-state index contributed by atoms with van der Waals surface area (Å²) in [5.41, 5.74) is 1.65. The third kappa shape index (κ3) is 7.93. The molecule has 0 aliphatic heterocycles. The number of nitrogens with zero attached hydrogens (tertiary/aromatic N) is 2. The molecule has 3 aromatic carbocycles. The molecular weight excluding hydrogens is 585 g/mol. The molecule has 11 heteroatoms. The maximum atomic E-state index is 14.1. The molecular formula is C30H35Cl2N3O5S. The Bertz CT molecular complexity index is 1470. The molecule has 0 aliphatic rings. The number of anilines is 1. The van der Waals surface area contributed by atoms with Gasteiger partial charge in [0.15, 0.2) is 0 Å². The largest absolute Gasteiger partial charge is 0.495 e. The molecule has 0 aromatic heterocycles. The van der Waals surface area contributed by atoms with Crippen LogP contribution in [0.25, 0.3) is 0 Å². The van der Waals surface area contributed by atoms with Gasteiger partial charge in [0.1, 0.15) is 18.3 Å². The highest BCUT2D eigenvalue weighted by molar-refractivity contribution is 7.92. The number of ether oxygens (including phenoxy) is 1. The SMILES string of the molecule is CCCNC(=O)[C@@H](CC)N(Cc1ccc(Cl)cc1Cl)C(=O)CN(c1ccccc1OC)S(=O)(=O)c1ccc(C)cc1. The topological polar surface area (TPSA) is 96.0 Å². The summed E-state index contributed by atoms with van der Waals surface area (Å²) >= 11 is 12.5. The van der Waals surface area contributed by atoms with Gasteiger partial charge in [0, 0.05) is 23.1 Å². The molecule has 2 amide bonds. The van der Waals surface area contributed by atoms with Crippen LogP contribution >= 0.6 is 23.2 Å². The van der Waals surface area contributed by atoms with Crippen LogP contribution in [-0.4, -0.2) is 51.4 Å². The molecule has 3 aromatic rings. The molecule has 0 radical (unpaired) electrons. The molecule has 41 heavy (non-hydrogen) atoms. The molecule has 0 unspecified atom stereocenters. The number of hydrogen-bond donors (Lipinski definition) is 1. The van der Waals surface area contributed by atoms with E-state index in [0.29, 0.717) is 28.6 Å². The van der Waals surface area contributed by atoms with Crippen molar-refractivity contribution in [2.75, 3.05) is 24.5 Å². The maximum absolute atomic E-state index is 14.1. The summed E-state index contributed by atoms with van der Waals surface area (Å²) in [6, 6.07) is 17.0. The first kappa shape index (κ1) is 32.2. The standard InChI is InChI=1S/C30H35Cl2N3O5S/c1-5-17-33-30(37)26(6-2)34(19-22-13-14-23(31)18-25(22)32)29(36)20-35(27-9-7-8-10-28(27)40-4)41(38,39)24-15-11-21(3)12-16-24/h7-16,18,26H,5-6,17,19-20H2,1-4H3,(H,33,37)/t26-/m1/s1. The number of halogens is 2. The van der Waals surface area contributed by atoms with Crippen molar-refractivity contribution < 1.29 is 22.7 Å². The Balaban J connectivity index is 2.11. The smallest absolute Gasteiger partial charge is 0.264 e. The summed E-state index contributed by atoms with van der Waals surface area (Å²) in [6.45, 7) is 5.40. The van der Waals surface area contributed by atoms with E-state index in [-0.39, 0.29) is 28.8 Å². The number of nitrogens with one attached hydrogen (secondary N) is 1. The maximum Gasteiger partial charge on any atom is 0.264 e. The number of carbonyl (C=O) groups excluding carboxylic acids is 2. The van der Waals surface area contributed by atoms with Crippen LogP contribution in [0, 0.1) is 6.92 Å². The van der Waals surface area contributed by atoms with Crippen molar-refractivity contribution in [2.45, 2.75) is 51.1 Å². The molecule has 1 N–H and O–H groups in total. The summed E-state index contributed by atoms with van der Waals surface area (Å²) in [6.07, 6.45) is 1.02. The molecule has 0 aliphatic carbocycles. The van der Waals surface area contributed by atoms with Gasteiger partial charge < -0.3 is 15.0 Å². The summed E-state index contributed by atoms with van der Waals surface area (Å²) in [7, 11) is -2.80. The molecule has 0 bridgehead atoms. The van der Waals surface area contributed by atoms with E-state index in [1.165, 1.54) is 24.1 Å². The second kappa shape index (κ2) is 14.6. The number of methoxy groups -OCH3 is 1. The summed E-state index contributed by atoms with van der Waals surface area (Å²) in [4.78, 5) is 28.7. The van der Waals surface area contributed by atoms with Crippen LogP contribution in [0.5, 0.6) is 5.75 Å². The second-order valence-corrected chi connectivity index (χ2v) is 12.2. The fourth-order valence-corrected chi connectivity index (χ4v) is 6.20. The number of sulfonamides is 1. The zero-order chi connectivity index (χ0) is 30.2. The number of amides is 2. The summed E-state index contributed by atoms with van der Waals surface area (Å²) in [5, 5.41) is 3.61. The van der Waals surface area contributed by atoms with Gasteiger partial charge in [0.2, 0.25) is 11.8 Å². The van der Waals surface area contributed by atoms with Gasteiger partial charge >= 0.3 is 0 Å². The molecule has 0 spiro atoms. The van der Waals surface area contributed by atoms with E-state index in [1.807, 2.05) is 13.8 Å². The van der Waals surface area contributed by atoms with E-state index < -0.39 is 28.5 Å². The molecule has 0 heterocycles. The lowest BCUT2D eigenvalue weighted by molar-refractivity contribution is -0.140. The third-order valence-electron chi connectivity index (χ3n) is 6.53. The highest BCUT2D eigenvalue weighted by atomic mass is 35.5. The predicted octanol–water partition coefficient (Wildman–Crippen LogP) is 5.84. The number of rotatable bonds is 13. The van der Waals surface area contributed by atoms with Gasteiger partial charge in [-0.05, 0) is 61.7 Å². The van der Waals surface area contributed by atoms with Gasteiger partial charge in [0.25, 0.3) is 10.0 Å². The average molecular weight is 621 g/mol. The minimum Gasteiger partial charge on any atom is -0.495 e. The Labute approximate surface area is 252 Å². The lowest BCUT2D eigenvalue weighted by Gasteiger charge is -2.33. The first-order chi connectivity index (χ1) is 19.5. The minimum absolute atomic E-state index is 0.0156. The van der Waals surface area contributed by atoms with E-state index in [2.05, 4.69) is 5.32 Å². The molecule has 3 rings (SSSR count). The first-order valence-corrected chi connectivity index (χ1v) is 15.5. The highest BCUT2D eigenvalue weighted by Crippen LogP contribution is 2.33. The number of benzene rings is 3. The van der Waals surface area contributed by atoms with Crippen molar-refractivity contribution in [2.24, 2.45) is 0 Å². The van der Waals surface area contributed by atoms with Gasteiger partial charge in [-0.15, -0.1) is 0 Å². The zero-order valence-corrected chi connectivity index (χ0v) is 25.9. The third-order valence-corrected chi connectivity index (χ3v) is 8.89. The molecule has 0 fully saturated rings. The Morgan fingerprint density at radius 1 is 1.00 bits per heavy atom. The molecule has 8 nitrogen and oxygen atoms in total. The summed E-state index contributed by atoms with van der Waals surface area (Å²) in [5.74, 6) is -0.648. The van der Waals surface area contributed by atoms with E-state index in [4.69, 9.17) is 27.9 Å². The number of aryl methyl sites for hydroxylation is 1. The lowest BCUT2D eigenvalue weighted by Crippen LogP contribution is -2.52. The Morgan fingerprint density at radius 3 is 2.29 bits per heavy atom. The van der Waals surface area contributed by atoms with Gasteiger partial charge in [-0.1, -0.05) is 72.9 Å². The molecule has 0 saturated heterocycles. The fourth-order valence-electron chi connectivity index (χ4n) is 4.31. The Hall–Kier alpha value is -3.27. The van der Waals surface area contributed by atoms with Gasteiger partial charge in [-0.25, -0.2) is 8.42 Å². The first-order valence-electron chi connectivity index (χ1n) is 13.3. The van der Waals surface area contributed by atoms with Crippen molar-refractivity contribution in [3.05, 3.63) is 87.9 Å². The molecule has 1 atom stereocenters. The van der Waals surface area contributed by atoms with Crippen molar-refractivity contribution in [3.8, 4) is 5.75 Å². The highest BCUT2D eigenvalue weighted by Gasteiger charge is 2.34. The van der Waals surface area contributed by atoms with Crippen LogP contribution in [0.3, 0.4) is 0 Å². The predicted molar refractivity (Wildman–Crippen MR) is 163 cm³/mol. The Kier molecular flexibility index (Phi) is 11.5. The van der Waals surface area contributed by atoms with E-state index in [1.54, 1.807) is 61.5 Å². The van der Waals surface area contributed by atoms with Gasteiger partial charge in [-0.2, -0.15) is 0 Å². The Morgan fingerprint density at radius 2 is 1.68 bits per heavy atom. The van der Waals surface area contributed by atoms with Crippen molar-refractivity contribution in [3.63, 3.8) is 0 Å². The normalized spacial score (nSPS) is 12.0. The van der Waals surface area contributed by atoms with Crippen molar-refractivity contribution in [1.82, 2.24) is 10.2 Å². The van der Waals surface area contributed by atoms with Crippen molar-refractivity contribution in [1.29, 1.82) is 0 Å². The van der Waals surface area contributed by atoms with E-state index in [9.17, 15) is 18.0 Å². The minimum atomic E-state index is -4.22. The van der Waals surface area contributed by atoms with Crippen LogP contribution in [0.2, 0.25) is 10.0 Å². The van der Waals surface area contributed by atoms with Crippen LogP contribution in [-0.2, 0) is 26.2 Å². The molecule has 220 valence electrons. The number of para-hydroxylation sites is 2. The quantitative estimate of drug-likeness (QED) is 0.259. The van der Waals surface area contributed by atoms with E-state index >= 15 is 0 Å². The van der Waals surface area contributed by atoms with Crippen molar-refractivity contribution >= 4 is 50.7 Å². The van der Waals surface area contributed by atoms with E-state index in [0.717, 1.165) is 16.3 Å². The zero-order valence-electron chi connectivity index (χ0n) is 23.6. The fraction of sp³-hybridized carbons (Fsp3) is 0.333. The summed E-state index contributed by atoms with van der Waals surface area (Å²) < 4.78 is 34.5. The van der Waals surface area contributed by atoms with Crippen LogP contribution in [0.1, 0.15) is 37.8 Å². The monoisotopic (exact) mass is 619 g/mol. The van der Waals surface area contributed by atoms with Crippen LogP contribution in [0.15, 0.2) is 71.6 Å². The lowest BCUT2D eigenvalue weighted by atomic mass is 10.1.